The second-order valence-corrected chi connectivity index (χ2v) is 6.87. The largest absolute Gasteiger partial charge is 0.469 e. The van der Waals surface area contributed by atoms with Crippen LogP contribution < -0.4 is 0 Å². The quantitative estimate of drug-likeness (QED) is 0.839. The van der Waals surface area contributed by atoms with Crippen molar-refractivity contribution in [1.82, 2.24) is 19.6 Å². The Morgan fingerprint density at radius 1 is 1.38 bits per heavy atom. The number of furan rings is 1. The average Bonchev–Trinajstić information content (AvgIpc) is 3.13. The molecule has 0 aromatic carbocycles. The molecule has 0 bridgehead atoms. The number of nitrogens with zero attached hydrogens (tertiary/aromatic N) is 4. The monoisotopic (exact) mass is 332 g/mol. The molecule has 1 aliphatic rings. The highest BCUT2D eigenvalue weighted by molar-refractivity contribution is 5.14. The number of hydrogen-bond donors (Lipinski definition) is 1. The van der Waals surface area contributed by atoms with Gasteiger partial charge < -0.3 is 14.4 Å². The number of fused-ring (bicyclic) bond motifs is 1. The van der Waals surface area contributed by atoms with E-state index >= 15 is 0 Å². The van der Waals surface area contributed by atoms with Crippen molar-refractivity contribution in [2.24, 2.45) is 0 Å². The molecule has 6 heteroatoms. The van der Waals surface area contributed by atoms with Crippen LogP contribution >= 0.6 is 0 Å². The topological polar surface area (TPSA) is 57.7 Å². The zero-order valence-corrected chi connectivity index (χ0v) is 14.7. The molecule has 0 saturated carbocycles. The summed E-state index contributed by atoms with van der Waals surface area (Å²) in [6.07, 6.45) is 4.39. The molecule has 6 nitrogen and oxygen atoms in total. The molecule has 0 aliphatic carbocycles. The van der Waals surface area contributed by atoms with Crippen LogP contribution in [0.2, 0.25) is 0 Å². The molecule has 0 radical (unpaired) electrons. The summed E-state index contributed by atoms with van der Waals surface area (Å²) in [6, 6.07) is 6.05. The first kappa shape index (κ1) is 17.2. The van der Waals surface area contributed by atoms with Crippen LogP contribution in [-0.4, -0.2) is 58.4 Å². The van der Waals surface area contributed by atoms with E-state index in [9.17, 15) is 5.11 Å². The standard InChI is InChI=1S/C18H28N4O2/c1-20(2)14-18(23)17-12-15-13-21(9-5-10-22(15)19-17)8-3-6-16-7-4-11-24-16/h4,7,11-12,18,23H,3,5-6,8-10,13-14H2,1-2H3/t18-/m0/s1. The first-order valence-electron chi connectivity index (χ1n) is 8.76. The summed E-state index contributed by atoms with van der Waals surface area (Å²) < 4.78 is 7.47. The zero-order valence-electron chi connectivity index (χ0n) is 14.7. The second-order valence-electron chi connectivity index (χ2n) is 6.87. The fraction of sp³-hybridized carbons (Fsp3) is 0.611. The Morgan fingerprint density at radius 3 is 3.00 bits per heavy atom. The van der Waals surface area contributed by atoms with Gasteiger partial charge in [0.2, 0.25) is 0 Å². The van der Waals surface area contributed by atoms with Crippen LogP contribution in [0.4, 0.5) is 0 Å². The van der Waals surface area contributed by atoms with Crippen molar-refractivity contribution >= 4 is 0 Å². The maximum atomic E-state index is 10.3. The van der Waals surface area contributed by atoms with Crippen LogP contribution in [0.25, 0.3) is 0 Å². The van der Waals surface area contributed by atoms with Crippen molar-refractivity contribution in [3.8, 4) is 0 Å². The van der Waals surface area contributed by atoms with E-state index in [1.165, 1.54) is 5.69 Å². The van der Waals surface area contributed by atoms with Gasteiger partial charge in [-0.05, 0) is 51.7 Å². The molecule has 0 saturated heterocycles. The molecule has 2 aromatic heterocycles. The normalized spacial score (nSPS) is 17.0. The smallest absolute Gasteiger partial charge is 0.110 e. The molecule has 0 unspecified atom stereocenters. The van der Waals surface area contributed by atoms with Crippen LogP contribution in [0.1, 0.15) is 36.1 Å². The van der Waals surface area contributed by atoms with Crippen molar-refractivity contribution in [2.45, 2.75) is 38.5 Å². The Bertz CT molecular complexity index is 621. The van der Waals surface area contributed by atoms with Crippen molar-refractivity contribution in [2.75, 3.05) is 33.7 Å². The van der Waals surface area contributed by atoms with Gasteiger partial charge in [0.25, 0.3) is 0 Å². The maximum Gasteiger partial charge on any atom is 0.110 e. The molecule has 1 aliphatic heterocycles. The first-order valence-corrected chi connectivity index (χ1v) is 8.76. The fourth-order valence-corrected chi connectivity index (χ4v) is 3.28. The van der Waals surface area contributed by atoms with E-state index in [4.69, 9.17) is 4.42 Å². The SMILES string of the molecule is CN(C)C[C@H](O)c1cc2n(n1)CCCN(CCCc1ccco1)C2. The lowest BCUT2D eigenvalue weighted by molar-refractivity contribution is 0.133. The van der Waals surface area contributed by atoms with E-state index in [1.54, 1.807) is 6.26 Å². The third kappa shape index (κ3) is 4.47. The lowest BCUT2D eigenvalue weighted by Crippen LogP contribution is -2.24. The second kappa shape index (κ2) is 7.96. The van der Waals surface area contributed by atoms with E-state index in [1.807, 2.05) is 31.1 Å². The van der Waals surface area contributed by atoms with Gasteiger partial charge in [0, 0.05) is 32.6 Å². The van der Waals surface area contributed by atoms with Crippen molar-refractivity contribution in [3.05, 3.63) is 41.6 Å². The Kier molecular flexibility index (Phi) is 5.71. The molecule has 2 aromatic rings. The van der Waals surface area contributed by atoms with Gasteiger partial charge in [-0.1, -0.05) is 0 Å². The highest BCUT2D eigenvalue weighted by Crippen LogP contribution is 2.19. The first-order chi connectivity index (χ1) is 11.6. The molecule has 0 fully saturated rings. The number of aromatic nitrogens is 2. The summed E-state index contributed by atoms with van der Waals surface area (Å²) in [7, 11) is 3.93. The van der Waals surface area contributed by atoms with Gasteiger partial charge in [0.05, 0.1) is 17.7 Å². The van der Waals surface area contributed by atoms with E-state index in [2.05, 4.69) is 20.7 Å². The minimum atomic E-state index is -0.521. The van der Waals surface area contributed by atoms with Crippen LogP contribution in [-0.2, 0) is 19.5 Å². The van der Waals surface area contributed by atoms with E-state index in [-0.39, 0.29) is 0 Å². The van der Waals surface area contributed by atoms with Gasteiger partial charge in [-0.3, -0.25) is 9.58 Å². The third-order valence-electron chi connectivity index (χ3n) is 4.47. The number of aliphatic hydroxyl groups is 1. The molecular weight excluding hydrogens is 304 g/mol. The molecular formula is C18H28N4O2. The predicted octanol–water partition coefficient (Wildman–Crippen LogP) is 1.91. The van der Waals surface area contributed by atoms with Crippen LogP contribution in [0.15, 0.2) is 28.9 Å². The molecule has 3 rings (SSSR count). The van der Waals surface area contributed by atoms with Gasteiger partial charge >= 0.3 is 0 Å². The highest BCUT2D eigenvalue weighted by atomic mass is 16.3. The molecule has 0 amide bonds. The minimum absolute atomic E-state index is 0.521. The van der Waals surface area contributed by atoms with Gasteiger partial charge in [-0.25, -0.2) is 0 Å². The minimum Gasteiger partial charge on any atom is -0.469 e. The molecule has 0 spiro atoms. The lowest BCUT2D eigenvalue weighted by atomic mass is 10.2. The van der Waals surface area contributed by atoms with E-state index in [0.717, 1.165) is 56.9 Å². The summed E-state index contributed by atoms with van der Waals surface area (Å²) in [5, 5.41) is 14.9. The summed E-state index contributed by atoms with van der Waals surface area (Å²) in [4.78, 5) is 4.46. The zero-order chi connectivity index (χ0) is 16.9. The van der Waals surface area contributed by atoms with Crippen molar-refractivity contribution in [3.63, 3.8) is 0 Å². The van der Waals surface area contributed by atoms with Crippen LogP contribution in [0.5, 0.6) is 0 Å². The number of aliphatic hydroxyl groups excluding tert-OH is 1. The number of aryl methyl sites for hydroxylation is 2. The Morgan fingerprint density at radius 2 is 2.25 bits per heavy atom. The Hall–Kier alpha value is -1.63. The summed E-state index contributed by atoms with van der Waals surface area (Å²) >= 11 is 0. The van der Waals surface area contributed by atoms with Gasteiger partial charge in [0.15, 0.2) is 0 Å². The van der Waals surface area contributed by atoms with Crippen LogP contribution in [0.3, 0.4) is 0 Å². The number of rotatable bonds is 7. The predicted molar refractivity (Wildman–Crippen MR) is 92.7 cm³/mol. The van der Waals surface area contributed by atoms with Gasteiger partial charge in [-0.15, -0.1) is 0 Å². The molecule has 3 heterocycles. The number of hydrogen-bond acceptors (Lipinski definition) is 5. The molecule has 132 valence electrons. The van der Waals surface area contributed by atoms with E-state index < -0.39 is 6.10 Å². The van der Waals surface area contributed by atoms with Crippen molar-refractivity contribution < 1.29 is 9.52 Å². The molecule has 24 heavy (non-hydrogen) atoms. The maximum absolute atomic E-state index is 10.3. The Labute approximate surface area is 143 Å². The molecule has 1 N–H and O–H groups in total. The van der Waals surface area contributed by atoms with Gasteiger partial charge in [0.1, 0.15) is 11.9 Å². The highest BCUT2D eigenvalue weighted by Gasteiger charge is 2.20. The van der Waals surface area contributed by atoms with Gasteiger partial charge in [-0.2, -0.15) is 5.10 Å². The van der Waals surface area contributed by atoms with Crippen molar-refractivity contribution in [1.29, 1.82) is 0 Å². The van der Waals surface area contributed by atoms with Crippen LogP contribution in [0, 0.1) is 0 Å². The molecule has 1 atom stereocenters. The summed E-state index contributed by atoms with van der Waals surface area (Å²) in [6.45, 7) is 4.58. The Balaban J connectivity index is 1.57. The fourth-order valence-electron chi connectivity index (χ4n) is 3.28. The summed E-state index contributed by atoms with van der Waals surface area (Å²) in [5.74, 6) is 1.06. The number of likely N-dealkylation sites (N-methyl/N-ethyl adjacent to an activating group) is 1. The van der Waals surface area contributed by atoms with E-state index in [0.29, 0.717) is 6.54 Å². The third-order valence-corrected chi connectivity index (χ3v) is 4.47. The average molecular weight is 332 g/mol. The summed E-state index contributed by atoms with van der Waals surface area (Å²) in [5.41, 5.74) is 1.99. The lowest BCUT2D eigenvalue weighted by Gasteiger charge is -2.19.